The maximum absolute atomic E-state index is 9.77. The Hall–Kier alpha value is -1.09. The average molecular weight is 125 g/mol. The molecule has 3 heteroatoms. The summed E-state index contributed by atoms with van der Waals surface area (Å²) in [6, 6.07) is 3.10. The maximum Gasteiger partial charge on any atom is 0.237 e. The van der Waals surface area contributed by atoms with Crippen molar-refractivity contribution in [3.05, 3.63) is 24.2 Å². The van der Waals surface area contributed by atoms with Gasteiger partial charge >= 0.3 is 0 Å². The Morgan fingerprint density at radius 3 is 3.00 bits per heavy atom. The first-order valence-corrected chi connectivity index (χ1v) is 2.43. The van der Waals surface area contributed by atoms with E-state index in [4.69, 9.17) is 5.11 Å². The predicted molar refractivity (Wildman–Crippen MR) is 29.4 cm³/mol. The summed E-state index contributed by atoms with van der Waals surface area (Å²) in [4.78, 5) is 9.77. The minimum absolute atomic E-state index is 0.227. The second-order valence-corrected chi connectivity index (χ2v) is 1.54. The normalized spacial score (nSPS) is 13.0. The van der Waals surface area contributed by atoms with Crippen molar-refractivity contribution in [2.24, 2.45) is 0 Å². The van der Waals surface area contributed by atoms with Crippen LogP contribution >= 0.6 is 0 Å². The molecule has 0 aromatic carbocycles. The van der Waals surface area contributed by atoms with E-state index in [0.717, 1.165) is 0 Å². The van der Waals surface area contributed by atoms with Gasteiger partial charge in [0.05, 0.1) is 6.26 Å². The maximum atomic E-state index is 9.77. The molecular weight excluding hydrogens is 120 g/mol. The molecule has 1 aromatic rings. The number of rotatable bonds is 2. The zero-order valence-electron chi connectivity index (χ0n) is 4.57. The molecule has 1 radical (unpaired) electrons. The molecule has 1 rings (SSSR count). The summed E-state index contributed by atoms with van der Waals surface area (Å²) in [7, 11) is 0. The van der Waals surface area contributed by atoms with Crippen LogP contribution in [0, 0.1) is 0 Å². The van der Waals surface area contributed by atoms with E-state index in [0.29, 0.717) is 0 Å². The molecule has 0 spiro atoms. The van der Waals surface area contributed by atoms with Crippen LogP contribution in [0.15, 0.2) is 22.8 Å². The van der Waals surface area contributed by atoms with Crippen LogP contribution in [0.2, 0.25) is 0 Å². The summed E-state index contributed by atoms with van der Waals surface area (Å²) in [5.41, 5.74) is 0. The molecule has 1 unspecified atom stereocenters. The third kappa shape index (κ3) is 1.17. The molecule has 0 aliphatic carbocycles. The molecule has 1 N–H and O–H groups in total. The summed E-state index contributed by atoms with van der Waals surface area (Å²) in [5.74, 6) is 0.227. The zero-order valence-corrected chi connectivity index (χ0v) is 4.57. The lowest BCUT2D eigenvalue weighted by atomic mass is 10.3. The Balaban J connectivity index is 2.76. The molecule has 1 aromatic heterocycles. The number of aliphatic hydroxyl groups is 1. The van der Waals surface area contributed by atoms with Gasteiger partial charge in [-0.2, -0.15) is 0 Å². The summed E-state index contributed by atoms with van der Waals surface area (Å²) in [6.07, 6.45) is 1.53. The number of furan rings is 1. The minimum atomic E-state index is -1.24. The highest BCUT2D eigenvalue weighted by molar-refractivity contribution is 5.58. The van der Waals surface area contributed by atoms with Crippen LogP contribution in [-0.4, -0.2) is 11.4 Å². The largest absolute Gasteiger partial charge is 0.466 e. The van der Waals surface area contributed by atoms with Gasteiger partial charge in [0, 0.05) is 0 Å². The fourth-order valence-corrected chi connectivity index (χ4v) is 0.505. The SMILES string of the molecule is O=[C]C(O)c1ccco1. The van der Waals surface area contributed by atoms with Gasteiger partial charge in [0.25, 0.3) is 0 Å². The molecule has 3 nitrogen and oxygen atoms in total. The van der Waals surface area contributed by atoms with Crippen LogP contribution in [0.1, 0.15) is 11.9 Å². The molecule has 9 heavy (non-hydrogen) atoms. The van der Waals surface area contributed by atoms with Gasteiger partial charge in [-0.25, -0.2) is 0 Å². The van der Waals surface area contributed by atoms with Gasteiger partial charge in [-0.1, -0.05) is 0 Å². The monoisotopic (exact) mass is 125 g/mol. The average Bonchev–Trinajstić information content (AvgIpc) is 2.37. The number of aliphatic hydroxyl groups excluding tert-OH is 1. The molecule has 0 saturated carbocycles. The van der Waals surface area contributed by atoms with Crippen molar-refractivity contribution in [2.75, 3.05) is 0 Å². The van der Waals surface area contributed by atoms with Crippen molar-refractivity contribution in [1.29, 1.82) is 0 Å². The van der Waals surface area contributed by atoms with Gasteiger partial charge in [-0.05, 0) is 12.1 Å². The molecule has 1 atom stereocenters. The van der Waals surface area contributed by atoms with E-state index < -0.39 is 6.10 Å². The van der Waals surface area contributed by atoms with E-state index in [-0.39, 0.29) is 5.76 Å². The fourth-order valence-electron chi connectivity index (χ4n) is 0.505. The lowest BCUT2D eigenvalue weighted by molar-refractivity contribution is 0.209. The van der Waals surface area contributed by atoms with E-state index >= 15 is 0 Å². The number of hydrogen-bond acceptors (Lipinski definition) is 3. The molecule has 0 aliphatic heterocycles. The highest BCUT2D eigenvalue weighted by atomic mass is 16.4. The van der Waals surface area contributed by atoms with Crippen LogP contribution in [0.25, 0.3) is 0 Å². The molecule has 1 heterocycles. The first kappa shape index (κ1) is 6.04. The van der Waals surface area contributed by atoms with Crippen molar-refractivity contribution in [3.8, 4) is 0 Å². The second kappa shape index (κ2) is 2.46. The molecule has 0 saturated heterocycles. The summed E-state index contributed by atoms with van der Waals surface area (Å²) in [5, 5.41) is 8.70. The smallest absolute Gasteiger partial charge is 0.237 e. The molecular formula is C6H5O3. The highest BCUT2D eigenvalue weighted by Gasteiger charge is 2.07. The van der Waals surface area contributed by atoms with Crippen LogP contribution in [0.3, 0.4) is 0 Å². The number of carbonyl (C=O) groups excluding carboxylic acids is 1. The first-order chi connectivity index (χ1) is 4.34. The highest BCUT2D eigenvalue weighted by Crippen LogP contribution is 2.08. The van der Waals surface area contributed by atoms with Gasteiger partial charge < -0.3 is 9.52 Å². The third-order valence-corrected chi connectivity index (χ3v) is 0.924. The van der Waals surface area contributed by atoms with Crippen molar-refractivity contribution in [2.45, 2.75) is 6.10 Å². The Morgan fingerprint density at radius 1 is 1.78 bits per heavy atom. The fraction of sp³-hybridized carbons (Fsp3) is 0.167. The standard InChI is InChI=1S/C6H5O3/c7-4-5(8)6-2-1-3-9-6/h1-3,5,8H. The van der Waals surface area contributed by atoms with Crippen LogP contribution in [-0.2, 0) is 4.79 Å². The Bertz CT molecular complexity index is 178. The van der Waals surface area contributed by atoms with Crippen molar-refractivity contribution >= 4 is 6.29 Å². The Labute approximate surface area is 51.9 Å². The second-order valence-electron chi connectivity index (χ2n) is 1.54. The number of hydrogen-bond donors (Lipinski definition) is 1. The minimum Gasteiger partial charge on any atom is -0.466 e. The predicted octanol–water partition coefficient (Wildman–Crippen LogP) is 0.423. The Kier molecular flexibility index (Phi) is 1.65. The van der Waals surface area contributed by atoms with Crippen LogP contribution in [0.4, 0.5) is 0 Å². The van der Waals surface area contributed by atoms with Gasteiger partial charge in [0.15, 0.2) is 6.10 Å². The van der Waals surface area contributed by atoms with E-state index in [1.165, 1.54) is 18.6 Å². The van der Waals surface area contributed by atoms with Crippen LogP contribution in [0.5, 0.6) is 0 Å². The molecule has 0 amide bonds. The van der Waals surface area contributed by atoms with Crippen LogP contribution < -0.4 is 0 Å². The molecule has 0 bridgehead atoms. The Morgan fingerprint density at radius 2 is 2.56 bits per heavy atom. The van der Waals surface area contributed by atoms with E-state index in [9.17, 15) is 4.79 Å². The van der Waals surface area contributed by atoms with Crippen molar-refractivity contribution < 1.29 is 14.3 Å². The van der Waals surface area contributed by atoms with Gasteiger partial charge in [-0.3, -0.25) is 4.79 Å². The van der Waals surface area contributed by atoms with Gasteiger partial charge in [0.1, 0.15) is 5.76 Å². The van der Waals surface area contributed by atoms with Crippen molar-refractivity contribution in [3.63, 3.8) is 0 Å². The van der Waals surface area contributed by atoms with Gasteiger partial charge in [-0.15, -0.1) is 0 Å². The lowest BCUT2D eigenvalue weighted by Crippen LogP contribution is -1.94. The molecule has 47 valence electrons. The molecule has 0 aliphatic rings. The topological polar surface area (TPSA) is 50.4 Å². The summed E-state index contributed by atoms with van der Waals surface area (Å²) < 4.78 is 4.67. The zero-order chi connectivity index (χ0) is 6.69. The van der Waals surface area contributed by atoms with Gasteiger partial charge in [0.2, 0.25) is 6.29 Å². The third-order valence-electron chi connectivity index (χ3n) is 0.924. The van der Waals surface area contributed by atoms with E-state index in [1.807, 2.05) is 0 Å². The van der Waals surface area contributed by atoms with E-state index in [1.54, 1.807) is 6.07 Å². The first-order valence-electron chi connectivity index (χ1n) is 2.43. The lowest BCUT2D eigenvalue weighted by Gasteiger charge is -1.92. The summed E-state index contributed by atoms with van der Waals surface area (Å²) >= 11 is 0. The molecule has 0 fully saturated rings. The summed E-state index contributed by atoms with van der Waals surface area (Å²) in [6.45, 7) is 0. The van der Waals surface area contributed by atoms with Crippen molar-refractivity contribution in [1.82, 2.24) is 0 Å². The quantitative estimate of drug-likeness (QED) is 0.623. The van der Waals surface area contributed by atoms with E-state index in [2.05, 4.69) is 4.42 Å².